The van der Waals surface area contributed by atoms with Crippen LogP contribution in [0.1, 0.15) is 11.3 Å². The molecule has 0 radical (unpaired) electrons. The maximum atomic E-state index is 13.6. The van der Waals surface area contributed by atoms with Gasteiger partial charge in [0.1, 0.15) is 16.7 Å². The molecule has 0 saturated carbocycles. The lowest BCUT2D eigenvalue weighted by Crippen LogP contribution is -2.13. The minimum Gasteiger partial charge on any atom is -0.409 e. The summed E-state index contributed by atoms with van der Waals surface area (Å²) in [6.45, 7) is 1.74. The lowest BCUT2D eigenvalue weighted by atomic mass is 10.2. The average Bonchev–Trinajstić information content (AvgIpc) is 2.40. The Kier molecular flexibility index (Phi) is 4.19. The van der Waals surface area contributed by atoms with Crippen LogP contribution in [0.4, 0.5) is 8.78 Å². The third-order valence-electron chi connectivity index (χ3n) is 2.44. The van der Waals surface area contributed by atoms with Gasteiger partial charge in [0.25, 0.3) is 0 Å². The summed E-state index contributed by atoms with van der Waals surface area (Å²) in [4.78, 5) is 4.47. The molecule has 0 atom stereocenters. The average molecular weight is 295 g/mol. The van der Waals surface area contributed by atoms with E-state index in [1.165, 1.54) is 12.1 Å². The number of oxime groups is 1. The van der Waals surface area contributed by atoms with E-state index in [-0.39, 0.29) is 10.7 Å². The summed E-state index contributed by atoms with van der Waals surface area (Å²) >= 11 is 1.03. The van der Waals surface area contributed by atoms with Crippen LogP contribution in [0.15, 0.2) is 45.4 Å². The number of amidine groups is 1. The summed E-state index contributed by atoms with van der Waals surface area (Å²) < 4.78 is 26.4. The molecule has 3 N–H and O–H groups in total. The zero-order valence-electron chi connectivity index (χ0n) is 10.5. The van der Waals surface area contributed by atoms with Gasteiger partial charge in [-0.15, -0.1) is 0 Å². The predicted octanol–water partition coefficient (Wildman–Crippen LogP) is 2.91. The molecule has 0 fully saturated rings. The quantitative estimate of drug-likeness (QED) is 0.395. The van der Waals surface area contributed by atoms with Crippen LogP contribution in [0.5, 0.6) is 0 Å². The first-order valence-corrected chi connectivity index (χ1v) is 6.40. The minimum absolute atomic E-state index is 0.0584. The first kappa shape index (κ1) is 14.3. The topological polar surface area (TPSA) is 71.5 Å². The highest BCUT2D eigenvalue weighted by Crippen LogP contribution is 2.29. The van der Waals surface area contributed by atoms with Crippen LogP contribution in [0.25, 0.3) is 0 Å². The van der Waals surface area contributed by atoms with E-state index >= 15 is 0 Å². The number of pyridine rings is 1. The van der Waals surface area contributed by atoms with E-state index in [1.807, 2.05) is 0 Å². The Morgan fingerprint density at radius 3 is 2.70 bits per heavy atom. The van der Waals surface area contributed by atoms with Crippen LogP contribution in [0.2, 0.25) is 0 Å². The maximum absolute atomic E-state index is 13.6. The second kappa shape index (κ2) is 5.87. The van der Waals surface area contributed by atoms with Crippen LogP contribution in [-0.2, 0) is 0 Å². The van der Waals surface area contributed by atoms with E-state index in [9.17, 15) is 8.78 Å². The Hall–Kier alpha value is -2.15. The lowest BCUT2D eigenvalue weighted by Gasteiger charge is -2.06. The molecule has 0 aliphatic carbocycles. The normalized spacial score (nSPS) is 11.7. The fraction of sp³-hybridized carbons (Fsp3) is 0.0769. The van der Waals surface area contributed by atoms with Gasteiger partial charge >= 0.3 is 0 Å². The van der Waals surface area contributed by atoms with Crippen molar-refractivity contribution in [2.75, 3.05) is 0 Å². The third-order valence-corrected chi connectivity index (χ3v) is 3.41. The van der Waals surface area contributed by atoms with Gasteiger partial charge in [0.15, 0.2) is 5.84 Å². The highest BCUT2D eigenvalue weighted by molar-refractivity contribution is 7.99. The number of rotatable bonds is 3. The van der Waals surface area contributed by atoms with Gasteiger partial charge in [-0.2, -0.15) is 0 Å². The molecule has 0 spiro atoms. The third kappa shape index (κ3) is 3.24. The van der Waals surface area contributed by atoms with Gasteiger partial charge in [-0.05, 0) is 31.2 Å². The van der Waals surface area contributed by atoms with Crippen LogP contribution < -0.4 is 5.73 Å². The predicted molar refractivity (Wildman–Crippen MR) is 72.0 cm³/mol. The Morgan fingerprint density at radius 1 is 1.30 bits per heavy atom. The van der Waals surface area contributed by atoms with Crippen molar-refractivity contribution in [3.8, 4) is 0 Å². The Labute approximate surface area is 118 Å². The molecule has 1 heterocycles. The molecule has 1 aromatic carbocycles. The zero-order chi connectivity index (χ0) is 14.7. The highest BCUT2D eigenvalue weighted by atomic mass is 32.2. The summed E-state index contributed by atoms with van der Waals surface area (Å²) in [5.74, 6) is -1.36. The van der Waals surface area contributed by atoms with Gasteiger partial charge in [0.2, 0.25) is 0 Å². The first-order valence-electron chi connectivity index (χ1n) is 5.59. The van der Waals surface area contributed by atoms with Crippen molar-refractivity contribution in [3.63, 3.8) is 0 Å². The number of nitrogens with zero attached hydrogens (tertiary/aromatic N) is 2. The molecule has 0 unspecified atom stereocenters. The van der Waals surface area contributed by atoms with Gasteiger partial charge in [-0.1, -0.05) is 16.9 Å². The Balaban J connectivity index is 2.36. The van der Waals surface area contributed by atoms with Crippen molar-refractivity contribution < 1.29 is 14.0 Å². The van der Waals surface area contributed by atoms with Gasteiger partial charge in [0, 0.05) is 22.2 Å². The molecule has 1 aromatic heterocycles. The van der Waals surface area contributed by atoms with E-state index in [4.69, 9.17) is 10.9 Å². The van der Waals surface area contributed by atoms with Crippen molar-refractivity contribution in [1.82, 2.24) is 4.98 Å². The molecule has 20 heavy (non-hydrogen) atoms. The molecule has 0 saturated heterocycles. The number of aryl methyl sites for hydroxylation is 1. The maximum Gasteiger partial charge on any atom is 0.170 e. The first-order chi connectivity index (χ1) is 9.49. The summed E-state index contributed by atoms with van der Waals surface area (Å²) in [7, 11) is 0. The standard InChI is InChI=1S/C13H11F2N3OS/c1-7-4-8(13(16)18-19)5-12(17-7)20-11-3-2-9(14)6-10(11)15/h2-6,19H,1H3,(H2,16,18). The van der Waals surface area contributed by atoms with Crippen LogP contribution in [0, 0.1) is 18.6 Å². The van der Waals surface area contributed by atoms with E-state index in [1.54, 1.807) is 19.1 Å². The molecule has 4 nitrogen and oxygen atoms in total. The monoisotopic (exact) mass is 295 g/mol. The molecule has 0 aliphatic rings. The summed E-state index contributed by atoms with van der Waals surface area (Å²) in [6.07, 6.45) is 0. The fourth-order valence-electron chi connectivity index (χ4n) is 1.57. The van der Waals surface area contributed by atoms with Crippen LogP contribution >= 0.6 is 11.8 Å². The van der Waals surface area contributed by atoms with Crippen LogP contribution in [-0.4, -0.2) is 16.0 Å². The number of hydrogen-bond donors (Lipinski definition) is 2. The van der Waals surface area contributed by atoms with Crippen molar-refractivity contribution in [1.29, 1.82) is 0 Å². The molecule has 7 heteroatoms. The molecule has 2 rings (SSSR count). The number of nitrogens with two attached hydrogens (primary N) is 1. The summed E-state index contributed by atoms with van der Waals surface area (Å²) in [6, 6.07) is 6.52. The van der Waals surface area contributed by atoms with E-state index in [0.29, 0.717) is 16.3 Å². The molecular formula is C13H11F2N3OS. The number of aromatic nitrogens is 1. The second-order valence-electron chi connectivity index (χ2n) is 4.00. The van der Waals surface area contributed by atoms with Crippen LogP contribution in [0.3, 0.4) is 0 Å². The molecule has 2 aromatic rings. The summed E-state index contributed by atoms with van der Waals surface area (Å²) in [5, 5.41) is 12.0. The van der Waals surface area contributed by atoms with E-state index in [2.05, 4.69) is 10.1 Å². The second-order valence-corrected chi connectivity index (χ2v) is 5.06. The Morgan fingerprint density at radius 2 is 2.05 bits per heavy atom. The number of halogens is 2. The van der Waals surface area contributed by atoms with Gasteiger partial charge in [-0.25, -0.2) is 13.8 Å². The lowest BCUT2D eigenvalue weighted by molar-refractivity contribution is 0.318. The van der Waals surface area contributed by atoms with E-state index < -0.39 is 11.6 Å². The molecule has 0 bridgehead atoms. The molecular weight excluding hydrogens is 284 g/mol. The minimum atomic E-state index is -0.663. The smallest absolute Gasteiger partial charge is 0.170 e. The van der Waals surface area contributed by atoms with Crippen molar-refractivity contribution in [3.05, 3.63) is 53.2 Å². The van der Waals surface area contributed by atoms with Gasteiger partial charge in [-0.3, -0.25) is 0 Å². The molecule has 0 aliphatic heterocycles. The zero-order valence-corrected chi connectivity index (χ0v) is 11.3. The van der Waals surface area contributed by atoms with Gasteiger partial charge < -0.3 is 10.9 Å². The summed E-state index contributed by atoms with van der Waals surface area (Å²) in [5.41, 5.74) is 6.63. The van der Waals surface area contributed by atoms with Crippen molar-refractivity contribution in [2.24, 2.45) is 10.9 Å². The fourth-order valence-corrected chi connectivity index (χ4v) is 2.46. The van der Waals surface area contributed by atoms with Crippen molar-refractivity contribution in [2.45, 2.75) is 16.8 Å². The number of benzene rings is 1. The molecule has 104 valence electrons. The van der Waals surface area contributed by atoms with Crippen molar-refractivity contribution >= 4 is 17.6 Å². The highest BCUT2D eigenvalue weighted by Gasteiger charge is 2.09. The molecule has 0 amide bonds. The SMILES string of the molecule is Cc1cc(/C(N)=N/O)cc(Sc2ccc(F)cc2F)n1. The Bertz CT molecular complexity index is 677. The largest absolute Gasteiger partial charge is 0.409 e. The van der Waals surface area contributed by atoms with Gasteiger partial charge in [0.05, 0.1) is 0 Å². The van der Waals surface area contributed by atoms with E-state index in [0.717, 1.165) is 17.8 Å². The number of hydrogen-bond acceptors (Lipinski definition) is 4.